The van der Waals surface area contributed by atoms with Crippen molar-refractivity contribution < 1.29 is 13.2 Å². The van der Waals surface area contributed by atoms with Crippen LogP contribution >= 0.6 is 0 Å². The van der Waals surface area contributed by atoms with Gasteiger partial charge in [0.05, 0.1) is 5.75 Å². The second-order valence-corrected chi connectivity index (χ2v) is 7.77. The molecule has 0 bridgehead atoms. The number of amides is 1. The second kappa shape index (κ2) is 6.22. The van der Waals surface area contributed by atoms with E-state index in [0.29, 0.717) is 13.0 Å². The molecule has 2 N–H and O–H groups in total. The van der Waals surface area contributed by atoms with Gasteiger partial charge >= 0.3 is 0 Å². The van der Waals surface area contributed by atoms with Crippen LogP contribution in [0.5, 0.6) is 0 Å². The van der Waals surface area contributed by atoms with Crippen molar-refractivity contribution in [3.63, 3.8) is 0 Å². The van der Waals surface area contributed by atoms with Crippen LogP contribution in [0.25, 0.3) is 0 Å². The molecule has 1 saturated heterocycles. The van der Waals surface area contributed by atoms with Gasteiger partial charge in [-0.1, -0.05) is 25.7 Å². The molecule has 110 valence electrons. The largest absolute Gasteiger partial charge is 0.368 e. The smallest absolute Gasteiger partial charge is 0.235 e. The summed E-state index contributed by atoms with van der Waals surface area (Å²) in [5.74, 6) is -0.0577. The Balaban J connectivity index is 2.05. The number of primary amides is 1. The predicted octanol–water partition coefficient (Wildman–Crippen LogP) is 1.24. The van der Waals surface area contributed by atoms with Crippen LogP contribution in [0.2, 0.25) is 0 Å². The van der Waals surface area contributed by atoms with Crippen LogP contribution < -0.4 is 5.73 Å². The number of hydrogen-bond acceptors (Lipinski definition) is 3. The van der Waals surface area contributed by atoms with Gasteiger partial charge in [0.25, 0.3) is 0 Å². The Labute approximate surface area is 115 Å². The third kappa shape index (κ3) is 3.69. The van der Waals surface area contributed by atoms with Gasteiger partial charge < -0.3 is 5.73 Å². The molecule has 0 aromatic heterocycles. The van der Waals surface area contributed by atoms with Crippen molar-refractivity contribution in [3.8, 4) is 0 Å². The van der Waals surface area contributed by atoms with E-state index >= 15 is 0 Å². The maximum absolute atomic E-state index is 12.5. The number of piperidine rings is 1. The summed E-state index contributed by atoms with van der Waals surface area (Å²) in [4.78, 5) is 11.4. The maximum Gasteiger partial charge on any atom is 0.235 e. The van der Waals surface area contributed by atoms with Crippen LogP contribution in [0, 0.1) is 5.92 Å². The number of nitrogens with zero attached hydrogens (tertiary/aromatic N) is 1. The van der Waals surface area contributed by atoms with Gasteiger partial charge in [0.15, 0.2) is 0 Å². The fraction of sp³-hybridized carbons (Fsp3) is 0.923. The van der Waals surface area contributed by atoms with E-state index in [1.165, 1.54) is 10.7 Å². The molecule has 1 aliphatic carbocycles. The highest BCUT2D eigenvalue weighted by molar-refractivity contribution is 7.89. The highest BCUT2D eigenvalue weighted by Gasteiger charge is 2.36. The van der Waals surface area contributed by atoms with Gasteiger partial charge in [-0.15, -0.1) is 0 Å². The molecular weight excluding hydrogens is 264 g/mol. The van der Waals surface area contributed by atoms with Crippen molar-refractivity contribution in [2.24, 2.45) is 11.7 Å². The van der Waals surface area contributed by atoms with Crippen LogP contribution in [0.4, 0.5) is 0 Å². The Morgan fingerprint density at radius 2 is 1.68 bits per heavy atom. The molecule has 1 heterocycles. The lowest BCUT2D eigenvalue weighted by Crippen LogP contribution is -2.51. The Morgan fingerprint density at radius 3 is 2.32 bits per heavy atom. The van der Waals surface area contributed by atoms with E-state index in [4.69, 9.17) is 5.73 Å². The molecule has 1 amide bonds. The Morgan fingerprint density at radius 1 is 1.05 bits per heavy atom. The first-order chi connectivity index (χ1) is 9.00. The van der Waals surface area contributed by atoms with E-state index < -0.39 is 22.0 Å². The zero-order chi connectivity index (χ0) is 13.9. The van der Waals surface area contributed by atoms with Gasteiger partial charge in [0.2, 0.25) is 15.9 Å². The van der Waals surface area contributed by atoms with Crippen LogP contribution in [0.15, 0.2) is 0 Å². The molecular formula is C13H24N2O3S. The zero-order valence-electron chi connectivity index (χ0n) is 11.4. The van der Waals surface area contributed by atoms with Crippen LogP contribution in [-0.2, 0) is 14.8 Å². The first-order valence-electron chi connectivity index (χ1n) is 7.29. The highest BCUT2D eigenvalue weighted by atomic mass is 32.2. The number of carbonyl (C=O) groups is 1. The molecule has 1 saturated carbocycles. The molecule has 0 aromatic rings. The number of nitrogens with two attached hydrogens (primary N) is 1. The van der Waals surface area contributed by atoms with E-state index in [1.807, 2.05) is 0 Å². The van der Waals surface area contributed by atoms with Crippen molar-refractivity contribution in [2.45, 2.75) is 57.4 Å². The van der Waals surface area contributed by atoms with E-state index in [-0.39, 0.29) is 11.7 Å². The molecule has 2 aliphatic rings. The number of sulfonamides is 1. The summed E-state index contributed by atoms with van der Waals surface area (Å²) in [5, 5.41) is 0. The normalized spacial score (nSPS) is 27.3. The van der Waals surface area contributed by atoms with Crippen molar-refractivity contribution in [2.75, 3.05) is 12.3 Å². The maximum atomic E-state index is 12.5. The van der Waals surface area contributed by atoms with Crippen LogP contribution in [0.1, 0.15) is 51.4 Å². The van der Waals surface area contributed by atoms with Crippen molar-refractivity contribution in [1.82, 2.24) is 4.31 Å². The summed E-state index contributed by atoms with van der Waals surface area (Å²) < 4.78 is 26.3. The molecule has 1 atom stereocenters. The van der Waals surface area contributed by atoms with Gasteiger partial charge in [-0.3, -0.25) is 4.79 Å². The van der Waals surface area contributed by atoms with Crippen molar-refractivity contribution in [3.05, 3.63) is 0 Å². The number of hydrogen-bond donors (Lipinski definition) is 1. The third-order valence-corrected chi connectivity index (χ3v) is 6.35. The van der Waals surface area contributed by atoms with Crippen molar-refractivity contribution >= 4 is 15.9 Å². The first-order valence-corrected chi connectivity index (χ1v) is 8.90. The van der Waals surface area contributed by atoms with Gasteiger partial charge in [-0.05, 0) is 31.6 Å². The Kier molecular flexibility index (Phi) is 4.84. The number of carbonyl (C=O) groups excluding carboxylic acids is 1. The topological polar surface area (TPSA) is 80.5 Å². The summed E-state index contributed by atoms with van der Waals surface area (Å²) in [5.41, 5.74) is 5.34. The average Bonchev–Trinajstić information content (AvgIpc) is 2.39. The highest BCUT2D eigenvalue weighted by Crippen LogP contribution is 2.28. The van der Waals surface area contributed by atoms with Crippen molar-refractivity contribution in [1.29, 1.82) is 0 Å². The summed E-state index contributed by atoms with van der Waals surface area (Å²) in [6.45, 7) is 0.447. The fourth-order valence-electron chi connectivity index (χ4n) is 3.27. The van der Waals surface area contributed by atoms with E-state index in [0.717, 1.165) is 38.5 Å². The van der Waals surface area contributed by atoms with Gasteiger partial charge in [0.1, 0.15) is 6.04 Å². The summed E-state index contributed by atoms with van der Waals surface area (Å²) >= 11 is 0. The molecule has 0 aromatic carbocycles. The molecule has 0 radical (unpaired) electrons. The van der Waals surface area contributed by atoms with E-state index in [9.17, 15) is 13.2 Å². The molecule has 2 fully saturated rings. The minimum atomic E-state index is -3.34. The van der Waals surface area contributed by atoms with Gasteiger partial charge in [-0.2, -0.15) is 4.31 Å². The standard InChI is InChI=1S/C13H24N2O3S/c14-13(16)12-8-4-5-9-15(12)19(17,18)10-11-6-2-1-3-7-11/h11-12H,1-10H2,(H2,14,16)/t12-/m0/s1. The lowest BCUT2D eigenvalue weighted by atomic mass is 9.91. The van der Waals surface area contributed by atoms with Gasteiger partial charge in [0, 0.05) is 6.54 Å². The lowest BCUT2D eigenvalue weighted by Gasteiger charge is -2.34. The molecule has 1 aliphatic heterocycles. The number of rotatable bonds is 4. The molecule has 5 nitrogen and oxygen atoms in total. The second-order valence-electron chi connectivity index (χ2n) is 5.81. The monoisotopic (exact) mass is 288 g/mol. The fourth-order valence-corrected chi connectivity index (χ4v) is 5.39. The van der Waals surface area contributed by atoms with Gasteiger partial charge in [-0.25, -0.2) is 8.42 Å². The minimum absolute atomic E-state index is 0.191. The van der Waals surface area contributed by atoms with E-state index in [1.54, 1.807) is 0 Å². The van der Waals surface area contributed by atoms with E-state index in [2.05, 4.69) is 0 Å². The van der Waals surface area contributed by atoms with Crippen LogP contribution in [0.3, 0.4) is 0 Å². The Bertz CT molecular complexity index is 416. The molecule has 19 heavy (non-hydrogen) atoms. The van der Waals surface area contributed by atoms with Crippen LogP contribution in [-0.4, -0.2) is 37.0 Å². The molecule has 0 unspecified atom stereocenters. The predicted molar refractivity (Wildman–Crippen MR) is 73.9 cm³/mol. The molecule has 6 heteroatoms. The summed E-state index contributed by atoms with van der Waals surface area (Å²) in [7, 11) is -3.34. The zero-order valence-corrected chi connectivity index (χ0v) is 12.2. The quantitative estimate of drug-likeness (QED) is 0.845. The first kappa shape index (κ1) is 14.8. The molecule has 0 spiro atoms. The SMILES string of the molecule is NC(=O)[C@@H]1CCCCN1S(=O)(=O)CC1CCCCC1. The summed E-state index contributed by atoms with van der Waals surface area (Å²) in [6.07, 6.45) is 7.72. The minimum Gasteiger partial charge on any atom is -0.368 e. The average molecular weight is 288 g/mol. The third-order valence-electron chi connectivity index (χ3n) is 4.31. The molecule has 2 rings (SSSR count). The Hall–Kier alpha value is -0.620. The summed E-state index contributed by atoms with van der Waals surface area (Å²) in [6, 6.07) is -0.623. The lowest BCUT2D eigenvalue weighted by molar-refractivity contribution is -0.122.